The summed E-state index contributed by atoms with van der Waals surface area (Å²) in [6.07, 6.45) is -4.93. The minimum Gasteiger partial charge on any atom is -0.323 e. The number of benzene rings is 2. The van der Waals surface area contributed by atoms with Gasteiger partial charge in [0.25, 0.3) is 5.69 Å². The first-order chi connectivity index (χ1) is 13.7. The predicted octanol–water partition coefficient (Wildman–Crippen LogP) is 3.85. The normalized spacial score (nSPS) is 13.6. The first-order valence-corrected chi connectivity index (χ1v) is 10.1. The summed E-state index contributed by atoms with van der Waals surface area (Å²) in [5, 5.41) is 10.8. The van der Waals surface area contributed by atoms with E-state index in [4.69, 9.17) is 5.73 Å². The molecular weight excluding hydrogens is 430 g/mol. The predicted molar refractivity (Wildman–Crippen MR) is 100 cm³/mol. The van der Waals surface area contributed by atoms with Gasteiger partial charge in [-0.3, -0.25) is 10.1 Å². The monoisotopic (exact) mass is 449 g/mol. The Bertz CT molecular complexity index is 1020. The number of nitro benzene ring substituents is 1. The Labute approximate surface area is 170 Å². The quantitative estimate of drug-likeness (QED) is 0.393. The summed E-state index contributed by atoms with van der Waals surface area (Å²) in [4.78, 5) is 9.84. The zero-order chi connectivity index (χ0) is 22.9. The summed E-state index contributed by atoms with van der Waals surface area (Å²) in [5.41, 5.74) is 4.07. The summed E-state index contributed by atoms with van der Waals surface area (Å²) in [6, 6.07) is 4.62. The van der Waals surface area contributed by atoms with Crippen molar-refractivity contribution < 1.29 is 30.9 Å². The zero-order valence-electron chi connectivity index (χ0n) is 15.9. The van der Waals surface area contributed by atoms with Crippen LogP contribution in [-0.2, 0) is 16.2 Å². The second-order valence-electron chi connectivity index (χ2n) is 6.76. The first-order valence-electron chi connectivity index (χ1n) is 8.63. The van der Waals surface area contributed by atoms with E-state index < -0.39 is 44.6 Å². The molecule has 164 valence electrons. The van der Waals surface area contributed by atoms with Crippen LogP contribution in [0.4, 0.5) is 23.2 Å². The molecule has 0 bridgehead atoms. The van der Waals surface area contributed by atoms with Crippen LogP contribution in [0.1, 0.15) is 31.0 Å². The van der Waals surface area contributed by atoms with Gasteiger partial charge in [0.05, 0.1) is 15.4 Å². The number of halogens is 4. The van der Waals surface area contributed by atoms with Crippen LogP contribution in [0.15, 0.2) is 47.4 Å². The highest BCUT2D eigenvalue weighted by atomic mass is 32.2. The maximum absolute atomic E-state index is 13.5. The van der Waals surface area contributed by atoms with E-state index in [0.717, 1.165) is 34.6 Å². The van der Waals surface area contributed by atoms with Crippen molar-refractivity contribution in [2.75, 3.05) is 6.54 Å². The molecule has 12 heteroatoms. The lowest BCUT2D eigenvalue weighted by Gasteiger charge is -2.29. The van der Waals surface area contributed by atoms with Gasteiger partial charge < -0.3 is 5.73 Å². The van der Waals surface area contributed by atoms with Crippen molar-refractivity contribution >= 4 is 15.7 Å². The average Bonchev–Trinajstić information content (AvgIpc) is 2.64. The van der Waals surface area contributed by atoms with Crippen molar-refractivity contribution in [3.63, 3.8) is 0 Å². The van der Waals surface area contributed by atoms with Crippen LogP contribution < -0.4 is 5.73 Å². The molecule has 30 heavy (non-hydrogen) atoms. The minimum atomic E-state index is -4.93. The van der Waals surface area contributed by atoms with Crippen LogP contribution in [0.2, 0.25) is 0 Å². The average molecular weight is 449 g/mol. The van der Waals surface area contributed by atoms with Crippen LogP contribution in [-0.4, -0.2) is 30.2 Å². The summed E-state index contributed by atoms with van der Waals surface area (Å²) in [6.45, 7) is 2.70. The molecule has 0 aliphatic carbocycles. The van der Waals surface area contributed by atoms with Crippen molar-refractivity contribution in [1.82, 2.24) is 4.31 Å². The van der Waals surface area contributed by atoms with E-state index in [1.807, 2.05) is 0 Å². The van der Waals surface area contributed by atoms with Crippen LogP contribution >= 0.6 is 0 Å². The van der Waals surface area contributed by atoms with Crippen LogP contribution in [0.3, 0.4) is 0 Å². The maximum atomic E-state index is 13.5. The Morgan fingerprint density at radius 1 is 1.13 bits per heavy atom. The van der Waals surface area contributed by atoms with E-state index in [9.17, 15) is 36.1 Å². The first kappa shape index (κ1) is 23.7. The van der Waals surface area contributed by atoms with Gasteiger partial charge in [0.15, 0.2) is 0 Å². The van der Waals surface area contributed by atoms with Gasteiger partial charge in [0.2, 0.25) is 10.0 Å². The van der Waals surface area contributed by atoms with Crippen molar-refractivity contribution in [3.8, 4) is 0 Å². The van der Waals surface area contributed by atoms with Crippen molar-refractivity contribution in [2.45, 2.75) is 37.0 Å². The molecule has 0 aliphatic rings. The summed E-state index contributed by atoms with van der Waals surface area (Å²) in [7, 11) is -4.16. The largest absolute Gasteiger partial charge is 0.419 e. The van der Waals surface area contributed by atoms with E-state index in [1.165, 1.54) is 0 Å². The standard InChI is InChI=1S/C18H19F4N3O4S/c1-11(2)24(30(28,29)14-6-4-13(5-7-14)25(26)27)10-17(23)12-3-8-16(19)15(9-12)18(20,21)22/h3-9,11,17H,10,23H2,1-2H3. The molecule has 1 atom stereocenters. The van der Waals surface area contributed by atoms with Gasteiger partial charge in [-0.1, -0.05) is 6.07 Å². The molecule has 0 aromatic heterocycles. The number of nitrogens with zero attached hydrogens (tertiary/aromatic N) is 2. The van der Waals surface area contributed by atoms with Gasteiger partial charge in [-0.05, 0) is 43.7 Å². The third kappa shape index (κ3) is 5.12. The fourth-order valence-corrected chi connectivity index (χ4v) is 4.41. The number of alkyl halides is 3. The highest BCUT2D eigenvalue weighted by Crippen LogP contribution is 2.33. The van der Waals surface area contributed by atoms with E-state index >= 15 is 0 Å². The molecule has 0 saturated carbocycles. The highest BCUT2D eigenvalue weighted by Gasteiger charge is 2.35. The van der Waals surface area contributed by atoms with Crippen molar-refractivity contribution in [3.05, 3.63) is 69.5 Å². The molecular formula is C18H19F4N3O4S. The topological polar surface area (TPSA) is 107 Å². The zero-order valence-corrected chi connectivity index (χ0v) is 16.7. The summed E-state index contributed by atoms with van der Waals surface area (Å²) < 4.78 is 79.2. The number of non-ortho nitro benzene ring substituents is 1. The number of rotatable bonds is 7. The van der Waals surface area contributed by atoms with Crippen LogP contribution in [0, 0.1) is 15.9 Å². The number of hydrogen-bond donors (Lipinski definition) is 1. The molecule has 0 spiro atoms. The van der Waals surface area contributed by atoms with Crippen LogP contribution in [0.25, 0.3) is 0 Å². The van der Waals surface area contributed by atoms with Crippen molar-refractivity contribution in [2.24, 2.45) is 5.73 Å². The van der Waals surface area contributed by atoms with Crippen molar-refractivity contribution in [1.29, 1.82) is 0 Å². The minimum absolute atomic E-state index is 0.0896. The Hall–Kier alpha value is -2.57. The van der Waals surface area contributed by atoms with Gasteiger partial charge in [0.1, 0.15) is 5.82 Å². The molecule has 2 rings (SSSR count). The number of nitro groups is 1. The fourth-order valence-electron chi connectivity index (χ4n) is 2.75. The lowest BCUT2D eigenvalue weighted by Crippen LogP contribution is -2.41. The summed E-state index contributed by atoms with van der Waals surface area (Å²) >= 11 is 0. The molecule has 0 heterocycles. The molecule has 2 aromatic rings. The highest BCUT2D eigenvalue weighted by molar-refractivity contribution is 7.89. The van der Waals surface area contributed by atoms with E-state index in [2.05, 4.69) is 0 Å². The fraction of sp³-hybridized carbons (Fsp3) is 0.333. The molecule has 0 amide bonds. The van der Waals surface area contributed by atoms with E-state index in [1.54, 1.807) is 13.8 Å². The van der Waals surface area contributed by atoms with Crippen LogP contribution in [0.5, 0.6) is 0 Å². The summed E-state index contributed by atoms with van der Waals surface area (Å²) in [5.74, 6) is -1.46. The molecule has 0 saturated heterocycles. The van der Waals surface area contributed by atoms with Gasteiger partial charge in [-0.25, -0.2) is 12.8 Å². The molecule has 2 aromatic carbocycles. The lowest BCUT2D eigenvalue weighted by molar-refractivity contribution is -0.384. The Morgan fingerprint density at radius 3 is 2.17 bits per heavy atom. The second-order valence-corrected chi connectivity index (χ2v) is 8.65. The Balaban J connectivity index is 2.36. The second kappa shape index (κ2) is 8.66. The maximum Gasteiger partial charge on any atom is 0.419 e. The molecule has 0 radical (unpaired) electrons. The Kier molecular flexibility index (Phi) is 6.84. The van der Waals surface area contributed by atoms with E-state index in [0.29, 0.717) is 12.1 Å². The molecule has 0 fully saturated rings. The van der Waals surface area contributed by atoms with E-state index in [-0.39, 0.29) is 22.7 Å². The van der Waals surface area contributed by atoms with Gasteiger partial charge in [-0.2, -0.15) is 17.5 Å². The van der Waals surface area contributed by atoms with Gasteiger partial charge in [0, 0.05) is 30.8 Å². The molecule has 7 nitrogen and oxygen atoms in total. The third-order valence-electron chi connectivity index (χ3n) is 4.33. The van der Waals surface area contributed by atoms with Gasteiger partial charge >= 0.3 is 6.18 Å². The molecule has 1 unspecified atom stereocenters. The lowest BCUT2D eigenvalue weighted by atomic mass is 10.0. The third-order valence-corrected chi connectivity index (χ3v) is 6.39. The SMILES string of the molecule is CC(C)N(CC(N)c1ccc(F)c(C(F)(F)F)c1)S(=O)(=O)c1ccc([N+](=O)[O-])cc1. The van der Waals surface area contributed by atoms with Gasteiger partial charge in [-0.15, -0.1) is 0 Å². The smallest absolute Gasteiger partial charge is 0.323 e. The molecule has 2 N–H and O–H groups in total. The number of nitrogens with two attached hydrogens (primary N) is 1. The molecule has 0 aliphatic heterocycles. The number of sulfonamides is 1. The Morgan fingerprint density at radius 2 is 1.70 bits per heavy atom. The number of hydrogen-bond acceptors (Lipinski definition) is 5.